The predicted molar refractivity (Wildman–Crippen MR) is 57.8 cm³/mol. The van der Waals surface area contributed by atoms with E-state index in [1.54, 1.807) is 0 Å². The van der Waals surface area contributed by atoms with Gasteiger partial charge in [-0.15, -0.1) is 0 Å². The van der Waals surface area contributed by atoms with Crippen molar-refractivity contribution in [3.63, 3.8) is 0 Å². The molecule has 0 fully saturated rings. The van der Waals surface area contributed by atoms with Crippen molar-refractivity contribution < 1.29 is 4.74 Å². The molecule has 0 bridgehead atoms. The van der Waals surface area contributed by atoms with E-state index in [4.69, 9.17) is 10.5 Å². The summed E-state index contributed by atoms with van der Waals surface area (Å²) >= 11 is 0. The number of rotatable bonds is 6. The van der Waals surface area contributed by atoms with Crippen LogP contribution in [0.1, 0.15) is 47.5 Å². The summed E-state index contributed by atoms with van der Waals surface area (Å²) in [6.45, 7) is 11.3. The van der Waals surface area contributed by atoms with Gasteiger partial charge in [0, 0.05) is 12.6 Å². The summed E-state index contributed by atoms with van der Waals surface area (Å²) in [5.41, 5.74) is 5.95. The maximum absolute atomic E-state index is 6.14. The summed E-state index contributed by atoms with van der Waals surface area (Å²) in [5, 5.41) is 0. The lowest BCUT2D eigenvalue weighted by Crippen LogP contribution is -2.49. The van der Waals surface area contributed by atoms with E-state index in [-0.39, 0.29) is 11.6 Å². The van der Waals surface area contributed by atoms with Crippen LogP contribution in [0.2, 0.25) is 0 Å². The van der Waals surface area contributed by atoms with Crippen LogP contribution < -0.4 is 5.73 Å². The molecular weight excluding hydrogens is 162 g/mol. The fourth-order valence-electron chi connectivity index (χ4n) is 1.79. The van der Waals surface area contributed by atoms with Crippen molar-refractivity contribution >= 4 is 0 Å². The second-order valence-corrected chi connectivity index (χ2v) is 4.33. The fraction of sp³-hybridized carbons (Fsp3) is 1.00. The molecule has 0 heterocycles. The average molecular weight is 187 g/mol. The minimum absolute atomic E-state index is 0.132. The van der Waals surface area contributed by atoms with Gasteiger partial charge in [-0.25, -0.2) is 0 Å². The Labute approximate surface area is 82.8 Å². The van der Waals surface area contributed by atoms with Gasteiger partial charge in [-0.05, 0) is 33.1 Å². The lowest BCUT2D eigenvalue weighted by Gasteiger charge is -2.35. The van der Waals surface area contributed by atoms with Gasteiger partial charge in [0.1, 0.15) is 0 Å². The normalized spacial score (nSPS) is 17.1. The fourth-order valence-corrected chi connectivity index (χ4v) is 1.79. The standard InChI is InChI=1S/C11H25NO/c1-6-8-9(3)10(12)11(4,5)13-7-2/h9-10H,6-8,12H2,1-5H3. The Morgan fingerprint density at radius 1 is 1.31 bits per heavy atom. The number of hydrogen-bond acceptors (Lipinski definition) is 2. The van der Waals surface area contributed by atoms with Crippen molar-refractivity contribution in [2.45, 2.75) is 59.1 Å². The molecule has 2 heteroatoms. The van der Waals surface area contributed by atoms with Gasteiger partial charge in [0.25, 0.3) is 0 Å². The highest BCUT2D eigenvalue weighted by atomic mass is 16.5. The van der Waals surface area contributed by atoms with E-state index in [1.165, 1.54) is 12.8 Å². The van der Waals surface area contributed by atoms with Gasteiger partial charge in [0.15, 0.2) is 0 Å². The zero-order valence-electron chi connectivity index (χ0n) is 9.76. The highest BCUT2D eigenvalue weighted by Crippen LogP contribution is 2.22. The highest BCUT2D eigenvalue weighted by Gasteiger charge is 2.30. The first-order chi connectivity index (χ1) is 5.95. The lowest BCUT2D eigenvalue weighted by atomic mass is 9.86. The molecule has 2 unspecified atom stereocenters. The van der Waals surface area contributed by atoms with E-state index < -0.39 is 0 Å². The SMILES string of the molecule is CCCC(C)C(N)C(C)(C)OCC. The Morgan fingerprint density at radius 3 is 2.23 bits per heavy atom. The summed E-state index contributed by atoms with van der Waals surface area (Å²) in [4.78, 5) is 0. The van der Waals surface area contributed by atoms with Crippen LogP contribution >= 0.6 is 0 Å². The van der Waals surface area contributed by atoms with Crippen LogP contribution in [0, 0.1) is 5.92 Å². The van der Waals surface area contributed by atoms with E-state index in [9.17, 15) is 0 Å². The molecular formula is C11H25NO. The molecule has 13 heavy (non-hydrogen) atoms. The van der Waals surface area contributed by atoms with Gasteiger partial charge in [-0.1, -0.05) is 20.3 Å². The van der Waals surface area contributed by atoms with Crippen LogP contribution in [0.25, 0.3) is 0 Å². The van der Waals surface area contributed by atoms with Crippen LogP contribution in [0.15, 0.2) is 0 Å². The Hall–Kier alpha value is -0.0800. The first-order valence-electron chi connectivity index (χ1n) is 5.35. The Bertz CT molecular complexity index is 134. The summed E-state index contributed by atoms with van der Waals surface area (Å²) in [6, 6.07) is 0.132. The van der Waals surface area contributed by atoms with Crippen LogP contribution in [0.4, 0.5) is 0 Å². The Morgan fingerprint density at radius 2 is 1.85 bits per heavy atom. The van der Waals surface area contributed by atoms with Crippen molar-refractivity contribution in [2.75, 3.05) is 6.61 Å². The number of nitrogens with two attached hydrogens (primary N) is 1. The Balaban J connectivity index is 4.12. The van der Waals surface area contributed by atoms with Crippen LogP contribution in [0.3, 0.4) is 0 Å². The first-order valence-corrected chi connectivity index (χ1v) is 5.35. The maximum Gasteiger partial charge on any atom is 0.0779 e. The van der Waals surface area contributed by atoms with Crippen LogP contribution in [-0.4, -0.2) is 18.2 Å². The lowest BCUT2D eigenvalue weighted by molar-refractivity contribution is -0.0415. The molecule has 0 aliphatic heterocycles. The molecule has 0 saturated carbocycles. The van der Waals surface area contributed by atoms with Crippen molar-refractivity contribution in [2.24, 2.45) is 11.7 Å². The molecule has 2 nitrogen and oxygen atoms in total. The molecule has 0 aromatic rings. The van der Waals surface area contributed by atoms with E-state index in [2.05, 4.69) is 27.7 Å². The molecule has 0 amide bonds. The smallest absolute Gasteiger partial charge is 0.0779 e. The predicted octanol–water partition coefficient (Wildman–Crippen LogP) is 2.57. The third-order valence-corrected chi connectivity index (χ3v) is 2.68. The van der Waals surface area contributed by atoms with Crippen molar-refractivity contribution in [3.8, 4) is 0 Å². The zero-order chi connectivity index (χ0) is 10.5. The van der Waals surface area contributed by atoms with Gasteiger partial charge >= 0.3 is 0 Å². The molecule has 0 aromatic carbocycles. The molecule has 80 valence electrons. The minimum Gasteiger partial charge on any atom is -0.374 e. The summed E-state index contributed by atoms with van der Waals surface area (Å²) in [7, 11) is 0. The maximum atomic E-state index is 6.14. The van der Waals surface area contributed by atoms with Gasteiger partial charge in [0.2, 0.25) is 0 Å². The second-order valence-electron chi connectivity index (χ2n) is 4.33. The van der Waals surface area contributed by atoms with Gasteiger partial charge in [0.05, 0.1) is 5.60 Å². The largest absolute Gasteiger partial charge is 0.374 e. The molecule has 0 spiro atoms. The molecule has 0 saturated heterocycles. The zero-order valence-corrected chi connectivity index (χ0v) is 9.76. The van der Waals surface area contributed by atoms with Crippen LogP contribution in [0.5, 0.6) is 0 Å². The van der Waals surface area contributed by atoms with Gasteiger partial charge < -0.3 is 10.5 Å². The highest BCUT2D eigenvalue weighted by molar-refractivity contribution is 4.86. The minimum atomic E-state index is -0.191. The Kier molecular flexibility index (Phi) is 5.57. The molecule has 0 aliphatic carbocycles. The van der Waals surface area contributed by atoms with E-state index in [1.807, 2.05) is 6.92 Å². The summed E-state index contributed by atoms with van der Waals surface area (Å²) in [6.07, 6.45) is 2.37. The summed E-state index contributed by atoms with van der Waals surface area (Å²) < 4.78 is 5.63. The quantitative estimate of drug-likeness (QED) is 0.693. The van der Waals surface area contributed by atoms with E-state index in [0.29, 0.717) is 5.92 Å². The molecule has 0 aliphatic rings. The third-order valence-electron chi connectivity index (χ3n) is 2.68. The molecule has 0 rings (SSSR count). The van der Waals surface area contributed by atoms with Crippen molar-refractivity contribution in [1.82, 2.24) is 0 Å². The topological polar surface area (TPSA) is 35.2 Å². The summed E-state index contributed by atoms with van der Waals surface area (Å²) in [5.74, 6) is 0.534. The van der Waals surface area contributed by atoms with Gasteiger partial charge in [-0.2, -0.15) is 0 Å². The van der Waals surface area contributed by atoms with Crippen molar-refractivity contribution in [3.05, 3.63) is 0 Å². The molecule has 2 N–H and O–H groups in total. The molecule has 0 aromatic heterocycles. The molecule has 0 radical (unpaired) electrons. The number of ether oxygens (including phenoxy) is 1. The second kappa shape index (κ2) is 5.61. The third kappa shape index (κ3) is 4.10. The van der Waals surface area contributed by atoms with Gasteiger partial charge in [-0.3, -0.25) is 0 Å². The van der Waals surface area contributed by atoms with E-state index in [0.717, 1.165) is 6.61 Å². The first kappa shape index (κ1) is 12.9. The molecule has 2 atom stereocenters. The number of hydrogen-bond donors (Lipinski definition) is 1. The van der Waals surface area contributed by atoms with E-state index >= 15 is 0 Å². The van der Waals surface area contributed by atoms with Crippen LogP contribution in [-0.2, 0) is 4.74 Å². The monoisotopic (exact) mass is 187 g/mol. The van der Waals surface area contributed by atoms with Crippen molar-refractivity contribution in [1.29, 1.82) is 0 Å². The average Bonchev–Trinajstić information content (AvgIpc) is 2.03.